The first-order valence-electron chi connectivity index (χ1n) is 5.90. The molecule has 2 aromatic rings. The summed E-state index contributed by atoms with van der Waals surface area (Å²) in [4.78, 5) is 10.8. The van der Waals surface area contributed by atoms with Crippen molar-refractivity contribution in [2.45, 2.75) is 18.2 Å². The van der Waals surface area contributed by atoms with E-state index in [9.17, 15) is 13.2 Å². The van der Waals surface area contributed by atoms with Gasteiger partial charge >= 0.3 is 5.97 Å². The molecule has 0 radical (unpaired) electrons. The third-order valence-corrected chi connectivity index (χ3v) is 5.07. The summed E-state index contributed by atoms with van der Waals surface area (Å²) in [5.74, 6) is -1.19. The fraction of sp³-hybridized carbons (Fsp3) is 0.364. The summed E-state index contributed by atoms with van der Waals surface area (Å²) >= 11 is 0.923. The Morgan fingerprint density at radius 1 is 1.40 bits per heavy atom. The number of aliphatic carboxylic acids is 1. The predicted octanol–water partition coefficient (Wildman–Crippen LogP) is 1.18. The van der Waals surface area contributed by atoms with E-state index in [1.807, 2.05) is 0 Å². The summed E-state index contributed by atoms with van der Waals surface area (Å²) in [6.45, 7) is 1.36. The average molecular weight is 315 g/mol. The smallest absolute Gasteiger partial charge is 0.318 e. The summed E-state index contributed by atoms with van der Waals surface area (Å²) in [5, 5.41) is 8.86. The van der Waals surface area contributed by atoms with E-state index in [1.165, 1.54) is 6.07 Å². The first-order chi connectivity index (χ1) is 9.46. The lowest BCUT2D eigenvalue weighted by Gasteiger charge is -2.19. The highest BCUT2D eigenvalue weighted by atomic mass is 32.2. The maximum Gasteiger partial charge on any atom is 0.318 e. The van der Waals surface area contributed by atoms with Crippen molar-refractivity contribution in [2.75, 3.05) is 13.1 Å². The molecule has 0 saturated heterocycles. The van der Waals surface area contributed by atoms with Gasteiger partial charge in [0.1, 0.15) is 22.5 Å². The van der Waals surface area contributed by atoms with Gasteiger partial charge in [0.2, 0.25) is 10.0 Å². The Labute approximate surface area is 120 Å². The second-order valence-electron chi connectivity index (χ2n) is 4.12. The number of aromatic nitrogens is 2. The van der Waals surface area contributed by atoms with Crippen LogP contribution in [0.2, 0.25) is 0 Å². The van der Waals surface area contributed by atoms with E-state index in [-0.39, 0.29) is 17.0 Å². The fourth-order valence-corrected chi connectivity index (χ4v) is 4.05. The number of fused-ring (bicyclic) bond motifs is 1. The molecule has 1 aromatic heterocycles. The highest BCUT2D eigenvalue weighted by Crippen LogP contribution is 2.24. The lowest BCUT2D eigenvalue weighted by molar-refractivity contribution is -0.137. The molecular formula is C11H13N3O4S2. The summed E-state index contributed by atoms with van der Waals surface area (Å²) in [5.41, 5.74) is 0.770. The van der Waals surface area contributed by atoms with E-state index in [0.29, 0.717) is 11.9 Å². The summed E-state index contributed by atoms with van der Waals surface area (Å²) in [6, 6.07) is 4.66. The van der Waals surface area contributed by atoms with Gasteiger partial charge in [-0.2, -0.15) is 13.1 Å². The van der Waals surface area contributed by atoms with Crippen LogP contribution in [0.3, 0.4) is 0 Å². The van der Waals surface area contributed by atoms with Crippen molar-refractivity contribution in [1.29, 1.82) is 0 Å². The first-order valence-corrected chi connectivity index (χ1v) is 8.07. The topological polar surface area (TPSA) is 100 Å². The Morgan fingerprint density at radius 3 is 2.80 bits per heavy atom. The molecule has 0 aliphatic carbocycles. The molecule has 20 heavy (non-hydrogen) atoms. The summed E-state index contributed by atoms with van der Waals surface area (Å²) < 4.78 is 34.1. The second-order valence-corrected chi connectivity index (χ2v) is 6.56. The van der Waals surface area contributed by atoms with E-state index in [0.717, 1.165) is 16.0 Å². The fourth-order valence-electron chi connectivity index (χ4n) is 1.81. The van der Waals surface area contributed by atoms with Crippen molar-refractivity contribution < 1.29 is 18.3 Å². The van der Waals surface area contributed by atoms with Gasteiger partial charge in [0, 0.05) is 6.54 Å². The number of carbonyl (C=O) groups is 1. The van der Waals surface area contributed by atoms with Gasteiger partial charge < -0.3 is 5.11 Å². The number of nitrogens with zero attached hydrogens (tertiary/aromatic N) is 3. The van der Waals surface area contributed by atoms with Crippen LogP contribution >= 0.6 is 11.7 Å². The molecule has 1 aromatic carbocycles. The van der Waals surface area contributed by atoms with Crippen LogP contribution in [0.1, 0.15) is 13.3 Å². The number of sulfonamides is 1. The number of carboxylic acids is 1. The van der Waals surface area contributed by atoms with E-state index < -0.39 is 22.5 Å². The summed E-state index contributed by atoms with van der Waals surface area (Å²) in [6.07, 6.45) is 0.526. The molecule has 1 heterocycles. The van der Waals surface area contributed by atoms with Crippen LogP contribution in [-0.4, -0.2) is 45.6 Å². The Balaban J connectivity index is 2.51. The number of benzene rings is 1. The van der Waals surface area contributed by atoms with Gasteiger partial charge in [-0.05, 0) is 18.6 Å². The standard InChI is InChI=1S/C11H13N3O4S2/c1-2-6-14(7-10(15)16)20(17,18)9-5-3-4-8-11(9)13-19-12-8/h3-5H,2,6-7H2,1H3,(H,15,16). The van der Waals surface area contributed by atoms with Crippen molar-refractivity contribution >= 4 is 38.8 Å². The van der Waals surface area contributed by atoms with Gasteiger partial charge in [-0.25, -0.2) is 8.42 Å². The molecule has 0 bridgehead atoms. The van der Waals surface area contributed by atoms with Crippen LogP contribution in [0.4, 0.5) is 0 Å². The highest BCUT2D eigenvalue weighted by Gasteiger charge is 2.28. The molecule has 2 rings (SSSR count). The van der Waals surface area contributed by atoms with E-state index in [1.54, 1.807) is 19.1 Å². The van der Waals surface area contributed by atoms with Gasteiger partial charge in [-0.1, -0.05) is 13.0 Å². The molecule has 9 heteroatoms. The Morgan fingerprint density at radius 2 is 2.15 bits per heavy atom. The van der Waals surface area contributed by atoms with Crippen molar-refractivity contribution in [2.24, 2.45) is 0 Å². The lowest BCUT2D eigenvalue weighted by Crippen LogP contribution is -2.36. The van der Waals surface area contributed by atoms with Crippen LogP contribution in [0.25, 0.3) is 11.0 Å². The van der Waals surface area contributed by atoms with Crippen molar-refractivity contribution in [3.05, 3.63) is 18.2 Å². The van der Waals surface area contributed by atoms with Crippen LogP contribution in [0, 0.1) is 0 Å². The Hall–Kier alpha value is -1.58. The third kappa shape index (κ3) is 2.79. The average Bonchev–Trinajstić information content (AvgIpc) is 2.85. The van der Waals surface area contributed by atoms with Gasteiger partial charge in [-0.3, -0.25) is 4.79 Å². The zero-order chi connectivity index (χ0) is 14.8. The Bertz CT molecular complexity index is 726. The molecule has 0 unspecified atom stereocenters. The zero-order valence-corrected chi connectivity index (χ0v) is 12.3. The molecule has 0 atom stereocenters. The number of hydrogen-bond acceptors (Lipinski definition) is 6. The molecule has 0 aliphatic rings. The van der Waals surface area contributed by atoms with Gasteiger partial charge in [0.05, 0.1) is 11.7 Å². The van der Waals surface area contributed by atoms with Gasteiger partial charge in [0.25, 0.3) is 0 Å². The van der Waals surface area contributed by atoms with Gasteiger partial charge in [0.15, 0.2) is 0 Å². The molecule has 0 aliphatic heterocycles. The first kappa shape index (κ1) is 14.8. The van der Waals surface area contributed by atoms with Crippen LogP contribution < -0.4 is 0 Å². The molecular weight excluding hydrogens is 302 g/mol. The number of hydrogen-bond donors (Lipinski definition) is 1. The second kappa shape index (κ2) is 5.81. The molecule has 108 valence electrons. The van der Waals surface area contributed by atoms with Crippen molar-refractivity contribution in [1.82, 2.24) is 13.1 Å². The Kier molecular flexibility index (Phi) is 4.31. The highest BCUT2D eigenvalue weighted by molar-refractivity contribution is 7.89. The lowest BCUT2D eigenvalue weighted by atomic mass is 10.3. The SMILES string of the molecule is CCCN(CC(=O)O)S(=O)(=O)c1cccc2nsnc12. The molecule has 0 spiro atoms. The molecule has 7 nitrogen and oxygen atoms in total. The molecule has 0 amide bonds. The maximum absolute atomic E-state index is 12.6. The molecule has 0 saturated carbocycles. The van der Waals surface area contributed by atoms with Gasteiger partial charge in [-0.15, -0.1) is 0 Å². The van der Waals surface area contributed by atoms with E-state index in [4.69, 9.17) is 5.11 Å². The van der Waals surface area contributed by atoms with Crippen LogP contribution in [0.15, 0.2) is 23.1 Å². The zero-order valence-electron chi connectivity index (χ0n) is 10.7. The largest absolute Gasteiger partial charge is 0.480 e. The normalized spacial score (nSPS) is 12.1. The van der Waals surface area contributed by atoms with E-state index >= 15 is 0 Å². The van der Waals surface area contributed by atoms with E-state index in [2.05, 4.69) is 8.75 Å². The molecule has 0 fully saturated rings. The van der Waals surface area contributed by atoms with Crippen molar-refractivity contribution in [3.63, 3.8) is 0 Å². The number of carboxylic acid groups (broad SMARTS) is 1. The maximum atomic E-state index is 12.6. The number of rotatable bonds is 6. The summed E-state index contributed by atoms with van der Waals surface area (Å²) in [7, 11) is -3.90. The minimum atomic E-state index is -3.90. The monoisotopic (exact) mass is 315 g/mol. The predicted molar refractivity (Wildman–Crippen MR) is 74.1 cm³/mol. The van der Waals surface area contributed by atoms with Crippen molar-refractivity contribution in [3.8, 4) is 0 Å². The van der Waals surface area contributed by atoms with Crippen LogP contribution in [-0.2, 0) is 14.8 Å². The third-order valence-electron chi connectivity index (χ3n) is 2.65. The minimum Gasteiger partial charge on any atom is -0.480 e. The van der Waals surface area contributed by atoms with Crippen LogP contribution in [0.5, 0.6) is 0 Å². The minimum absolute atomic E-state index is 0.00144. The quantitative estimate of drug-likeness (QED) is 0.859. The molecule has 1 N–H and O–H groups in total.